The third-order valence-corrected chi connectivity index (χ3v) is 4.71. The monoisotopic (exact) mass is 390 g/mol. The molecule has 0 amide bonds. The number of ether oxygens (including phenoxy) is 2. The predicted octanol–water partition coefficient (Wildman–Crippen LogP) is 5.50. The van der Waals surface area contributed by atoms with Crippen LogP contribution in [0.5, 0.6) is 11.5 Å². The predicted molar refractivity (Wildman–Crippen MR) is 110 cm³/mol. The Labute approximate surface area is 167 Å². The molecule has 4 aromatic rings. The summed E-state index contributed by atoms with van der Waals surface area (Å²) in [5.74, 6) is 1.33. The smallest absolute Gasteiger partial charge is 0.200 e. The molecule has 0 spiro atoms. The zero-order valence-corrected chi connectivity index (χ0v) is 16.1. The molecule has 0 aliphatic heterocycles. The van der Waals surface area contributed by atoms with E-state index in [1.165, 1.54) is 12.1 Å². The molecular formula is C24H19FO4. The van der Waals surface area contributed by atoms with Gasteiger partial charge in [0.2, 0.25) is 5.43 Å². The summed E-state index contributed by atoms with van der Waals surface area (Å²) in [5.41, 5.74) is 2.18. The number of aryl methyl sites for hydroxylation is 1. The van der Waals surface area contributed by atoms with Gasteiger partial charge in [-0.05, 0) is 42.8 Å². The number of benzene rings is 3. The minimum absolute atomic E-state index is 0.134. The van der Waals surface area contributed by atoms with Crippen molar-refractivity contribution in [1.29, 1.82) is 0 Å². The highest BCUT2D eigenvalue weighted by molar-refractivity contribution is 5.85. The quantitative estimate of drug-likeness (QED) is 0.452. The van der Waals surface area contributed by atoms with E-state index in [4.69, 9.17) is 13.9 Å². The summed E-state index contributed by atoms with van der Waals surface area (Å²) in [6.45, 7) is 1.97. The molecular weight excluding hydrogens is 371 g/mol. The highest BCUT2D eigenvalue weighted by Gasteiger charge is 2.17. The van der Waals surface area contributed by atoms with Gasteiger partial charge in [-0.2, -0.15) is 0 Å². The van der Waals surface area contributed by atoms with Crippen LogP contribution in [0.2, 0.25) is 0 Å². The van der Waals surface area contributed by atoms with Crippen molar-refractivity contribution < 1.29 is 18.3 Å². The minimum Gasteiger partial charge on any atom is -0.496 e. The molecule has 0 aliphatic rings. The molecule has 0 atom stereocenters. The standard InChI is InChI=1S/C24H19FO4/c1-15-23(19-8-3-4-9-21(19)27-2)24(26)20-11-10-18(13-22(20)29-15)28-14-16-6-5-7-17(25)12-16/h3-13H,14H2,1-2H3. The number of hydrogen-bond donors (Lipinski definition) is 0. The molecule has 0 aliphatic carbocycles. The fourth-order valence-electron chi connectivity index (χ4n) is 3.33. The lowest BCUT2D eigenvalue weighted by molar-refractivity contribution is 0.305. The molecule has 0 saturated heterocycles. The third kappa shape index (κ3) is 3.72. The van der Waals surface area contributed by atoms with Crippen molar-refractivity contribution in [3.05, 3.63) is 94.1 Å². The molecule has 0 fully saturated rings. The minimum atomic E-state index is -0.310. The Morgan fingerprint density at radius 2 is 1.83 bits per heavy atom. The highest BCUT2D eigenvalue weighted by atomic mass is 19.1. The van der Waals surface area contributed by atoms with Crippen LogP contribution in [0.25, 0.3) is 22.1 Å². The van der Waals surface area contributed by atoms with Crippen LogP contribution in [0.3, 0.4) is 0 Å². The highest BCUT2D eigenvalue weighted by Crippen LogP contribution is 2.32. The first-order chi connectivity index (χ1) is 14.1. The van der Waals surface area contributed by atoms with Crippen LogP contribution in [0.15, 0.2) is 75.9 Å². The summed E-state index contributed by atoms with van der Waals surface area (Å²) < 4.78 is 30.4. The van der Waals surface area contributed by atoms with Crippen LogP contribution in [0, 0.1) is 12.7 Å². The second kappa shape index (κ2) is 7.80. The first kappa shape index (κ1) is 18.7. The molecule has 5 heteroatoms. The second-order valence-electron chi connectivity index (χ2n) is 6.64. The van der Waals surface area contributed by atoms with Gasteiger partial charge in [0.1, 0.15) is 35.3 Å². The third-order valence-electron chi connectivity index (χ3n) is 4.71. The number of para-hydroxylation sites is 1. The molecule has 146 valence electrons. The van der Waals surface area contributed by atoms with Crippen LogP contribution in [0.4, 0.5) is 4.39 Å². The van der Waals surface area contributed by atoms with E-state index in [9.17, 15) is 9.18 Å². The topological polar surface area (TPSA) is 48.7 Å². The van der Waals surface area contributed by atoms with Gasteiger partial charge < -0.3 is 13.9 Å². The SMILES string of the molecule is COc1ccccc1-c1c(C)oc2cc(OCc3cccc(F)c3)ccc2c1=O. The van der Waals surface area contributed by atoms with Gasteiger partial charge in [0.15, 0.2) is 0 Å². The molecule has 0 bridgehead atoms. The molecule has 0 N–H and O–H groups in total. The Hall–Kier alpha value is -3.60. The molecule has 1 aromatic heterocycles. The largest absolute Gasteiger partial charge is 0.496 e. The molecule has 0 radical (unpaired) electrons. The lowest BCUT2D eigenvalue weighted by Gasteiger charge is -2.12. The Kier molecular flexibility index (Phi) is 5.04. The van der Waals surface area contributed by atoms with E-state index >= 15 is 0 Å². The van der Waals surface area contributed by atoms with Crippen molar-refractivity contribution in [3.8, 4) is 22.6 Å². The summed E-state index contributed by atoms with van der Waals surface area (Å²) in [7, 11) is 1.57. The molecule has 0 saturated carbocycles. The van der Waals surface area contributed by atoms with Gasteiger partial charge in [0.25, 0.3) is 0 Å². The fourth-order valence-corrected chi connectivity index (χ4v) is 3.33. The normalized spacial score (nSPS) is 10.9. The Balaban J connectivity index is 1.71. The van der Waals surface area contributed by atoms with Crippen molar-refractivity contribution in [2.75, 3.05) is 7.11 Å². The van der Waals surface area contributed by atoms with Crippen LogP contribution in [-0.2, 0) is 6.61 Å². The van der Waals surface area contributed by atoms with Crippen molar-refractivity contribution in [3.63, 3.8) is 0 Å². The lowest BCUT2D eigenvalue weighted by Crippen LogP contribution is -2.08. The van der Waals surface area contributed by atoms with Gasteiger partial charge >= 0.3 is 0 Å². The maximum absolute atomic E-state index is 13.3. The summed E-state index contributed by atoms with van der Waals surface area (Å²) >= 11 is 0. The maximum Gasteiger partial charge on any atom is 0.200 e. The van der Waals surface area contributed by atoms with Gasteiger partial charge in [-0.3, -0.25) is 4.79 Å². The Morgan fingerprint density at radius 3 is 2.62 bits per heavy atom. The first-order valence-electron chi connectivity index (χ1n) is 9.15. The number of methoxy groups -OCH3 is 1. The lowest BCUT2D eigenvalue weighted by atomic mass is 10.0. The van der Waals surface area contributed by atoms with E-state index < -0.39 is 0 Å². The van der Waals surface area contributed by atoms with Crippen molar-refractivity contribution >= 4 is 11.0 Å². The number of rotatable bonds is 5. The Morgan fingerprint density at radius 1 is 1.00 bits per heavy atom. The van der Waals surface area contributed by atoms with Gasteiger partial charge in [0, 0.05) is 11.6 Å². The van der Waals surface area contributed by atoms with Crippen LogP contribution in [0.1, 0.15) is 11.3 Å². The molecule has 3 aromatic carbocycles. The number of halogens is 1. The summed E-state index contributed by atoms with van der Waals surface area (Å²) in [5, 5.41) is 0.453. The van der Waals surface area contributed by atoms with Crippen molar-refractivity contribution in [2.24, 2.45) is 0 Å². The average molecular weight is 390 g/mol. The maximum atomic E-state index is 13.3. The second-order valence-corrected chi connectivity index (χ2v) is 6.64. The summed E-state index contributed by atoms with van der Waals surface area (Å²) in [4.78, 5) is 13.1. The van der Waals surface area contributed by atoms with E-state index in [2.05, 4.69) is 0 Å². The molecule has 1 heterocycles. The summed E-state index contributed by atoms with van der Waals surface area (Å²) in [6, 6.07) is 18.6. The van der Waals surface area contributed by atoms with Gasteiger partial charge in [-0.15, -0.1) is 0 Å². The van der Waals surface area contributed by atoms with Crippen LogP contribution < -0.4 is 14.9 Å². The van der Waals surface area contributed by atoms with Gasteiger partial charge in [-0.25, -0.2) is 4.39 Å². The molecule has 4 rings (SSSR count). The van der Waals surface area contributed by atoms with Crippen LogP contribution >= 0.6 is 0 Å². The van der Waals surface area contributed by atoms with E-state index in [0.717, 1.165) is 0 Å². The number of hydrogen-bond acceptors (Lipinski definition) is 4. The molecule has 0 unspecified atom stereocenters. The Bertz CT molecular complexity index is 1240. The number of fused-ring (bicyclic) bond motifs is 1. The summed E-state index contributed by atoms with van der Waals surface area (Å²) in [6.07, 6.45) is 0. The van der Waals surface area contributed by atoms with E-state index in [1.54, 1.807) is 44.4 Å². The van der Waals surface area contributed by atoms with Gasteiger partial charge in [-0.1, -0.05) is 30.3 Å². The van der Waals surface area contributed by atoms with E-state index in [-0.39, 0.29) is 17.9 Å². The van der Waals surface area contributed by atoms with Crippen LogP contribution in [-0.4, -0.2) is 7.11 Å². The molecule has 4 nitrogen and oxygen atoms in total. The van der Waals surface area contributed by atoms with Crippen molar-refractivity contribution in [2.45, 2.75) is 13.5 Å². The average Bonchev–Trinajstić information content (AvgIpc) is 2.72. The molecule has 29 heavy (non-hydrogen) atoms. The first-order valence-corrected chi connectivity index (χ1v) is 9.15. The van der Waals surface area contributed by atoms with E-state index in [1.807, 2.05) is 24.3 Å². The van der Waals surface area contributed by atoms with E-state index in [0.29, 0.717) is 44.9 Å². The zero-order chi connectivity index (χ0) is 20.4. The van der Waals surface area contributed by atoms with Crippen molar-refractivity contribution in [1.82, 2.24) is 0 Å². The fraction of sp³-hybridized carbons (Fsp3) is 0.125. The van der Waals surface area contributed by atoms with Gasteiger partial charge in [0.05, 0.1) is 18.1 Å². The zero-order valence-electron chi connectivity index (χ0n) is 16.1.